The van der Waals surface area contributed by atoms with Gasteiger partial charge < -0.3 is 4.74 Å². The van der Waals surface area contributed by atoms with E-state index in [0.717, 1.165) is 25.7 Å². The lowest BCUT2D eigenvalue weighted by Crippen LogP contribution is -2.22. The van der Waals surface area contributed by atoms with Crippen LogP contribution in [0.25, 0.3) is 0 Å². The molecule has 1 fully saturated rings. The van der Waals surface area contributed by atoms with Gasteiger partial charge in [-0.15, -0.1) is 0 Å². The molecule has 0 aromatic carbocycles. The van der Waals surface area contributed by atoms with E-state index in [1.54, 1.807) is 0 Å². The standard InChI is InChI=1S/C18H31NO3/c1-3-5-7-8-9-10-11-12-15(20)14-17-19-18(21)16(22-17)13-6-4-2/h14,16H,3-13H2,1-2H3,(H,19,21)/b17-14+/t16-/m0/s1. The lowest BCUT2D eigenvalue weighted by atomic mass is 10.1. The van der Waals surface area contributed by atoms with Gasteiger partial charge in [-0.1, -0.05) is 58.8 Å². The highest BCUT2D eigenvalue weighted by molar-refractivity contribution is 5.92. The Balaban J connectivity index is 2.17. The molecule has 126 valence electrons. The highest BCUT2D eigenvalue weighted by Crippen LogP contribution is 2.16. The molecule has 1 saturated heterocycles. The highest BCUT2D eigenvalue weighted by atomic mass is 16.5. The van der Waals surface area contributed by atoms with E-state index in [0.29, 0.717) is 18.7 Å². The summed E-state index contributed by atoms with van der Waals surface area (Å²) in [6.45, 7) is 4.29. The smallest absolute Gasteiger partial charge is 0.267 e. The van der Waals surface area contributed by atoms with Gasteiger partial charge in [-0.2, -0.15) is 0 Å². The first-order valence-corrected chi connectivity index (χ1v) is 8.89. The molecule has 4 nitrogen and oxygen atoms in total. The number of ketones is 1. The third-order valence-electron chi connectivity index (χ3n) is 3.95. The van der Waals surface area contributed by atoms with Crippen LogP contribution >= 0.6 is 0 Å². The Morgan fingerprint density at radius 2 is 1.68 bits per heavy atom. The molecule has 1 heterocycles. The Morgan fingerprint density at radius 1 is 1.05 bits per heavy atom. The summed E-state index contributed by atoms with van der Waals surface area (Å²) in [4.78, 5) is 23.5. The molecule has 0 bridgehead atoms. The van der Waals surface area contributed by atoms with Gasteiger partial charge in [0.2, 0.25) is 0 Å². The van der Waals surface area contributed by atoms with Gasteiger partial charge in [-0.3, -0.25) is 14.9 Å². The van der Waals surface area contributed by atoms with Crippen molar-refractivity contribution in [1.29, 1.82) is 0 Å². The van der Waals surface area contributed by atoms with Crippen molar-refractivity contribution in [2.75, 3.05) is 0 Å². The number of hydrogen-bond acceptors (Lipinski definition) is 3. The molecular weight excluding hydrogens is 278 g/mol. The minimum atomic E-state index is -0.419. The maximum atomic E-state index is 11.9. The van der Waals surface area contributed by atoms with Crippen LogP contribution in [0.15, 0.2) is 12.0 Å². The van der Waals surface area contributed by atoms with Crippen LogP contribution in [0.2, 0.25) is 0 Å². The van der Waals surface area contributed by atoms with Gasteiger partial charge in [0.1, 0.15) is 0 Å². The average Bonchev–Trinajstić information content (AvgIpc) is 2.83. The maximum absolute atomic E-state index is 11.9. The van der Waals surface area contributed by atoms with E-state index in [-0.39, 0.29) is 11.7 Å². The molecule has 0 aromatic heterocycles. The highest BCUT2D eigenvalue weighted by Gasteiger charge is 2.29. The molecule has 0 spiro atoms. The third kappa shape index (κ3) is 7.62. The normalized spacial score (nSPS) is 19.3. The average molecular weight is 309 g/mol. The first kappa shape index (κ1) is 18.7. The molecule has 0 saturated carbocycles. The molecular formula is C18H31NO3. The van der Waals surface area contributed by atoms with Gasteiger partial charge in [0.15, 0.2) is 17.8 Å². The number of hydrogen-bond donors (Lipinski definition) is 1. The fourth-order valence-electron chi connectivity index (χ4n) is 2.56. The van der Waals surface area contributed by atoms with E-state index in [4.69, 9.17) is 4.74 Å². The number of carbonyl (C=O) groups excluding carboxylic acids is 2. The minimum Gasteiger partial charge on any atom is -0.465 e. The number of unbranched alkanes of at least 4 members (excludes halogenated alkanes) is 7. The van der Waals surface area contributed by atoms with E-state index in [9.17, 15) is 9.59 Å². The van der Waals surface area contributed by atoms with Crippen molar-refractivity contribution in [3.63, 3.8) is 0 Å². The van der Waals surface area contributed by atoms with Crippen LogP contribution in [0.3, 0.4) is 0 Å². The molecule has 1 aliphatic rings. The Kier molecular flexibility index (Phi) is 9.60. The van der Waals surface area contributed by atoms with Gasteiger partial charge >= 0.3 is 0 Å². The Bertz CT molecular complexity index is 377. The van der Waals surface area contributed by atoms with Crippen molar-refractivity contribution < 1.29 is 14.3 Å². The third-order valence-corrected chi connectivity index (χ3v) is 3.95. The van der Waals surface area contributed by atoms with Crippen LogP contribution in [-0.4, -0.2) is 17.8 Å². The number of amides is 1. The van der Waals surface area contributed by atoms with Crippen molar-refractivity contribution >= 4 is 11.7 Å². The summed E-state index contributed by atoms with van der Waals surface area (Å²) in [5, 5.41) is 2.65. The quantitative estimate of drug-likeness (QED) is 0.433. The zero-order chi connectivity index (χ0) is 16.2. The first-order chi connectivity index (χ1) is 10.7. The van der Waals surface area contributed by atoms with Gasteiger partial charge in [-0.25, -0.2) is 0 Å². The second-order valence-corrected chi connectivity index (χ2v) is 6.08. The van der Waals surface area contributed by atoms with Crippen molar-refractivity contribution in [3.05, 3.63) is 12.0 Å². The fourth-order valence-corrected chi connectivity index (χ4v) is 2.56. The summed E-state index contributed by atoms with van der Waals surface area (Å²) in [5.41, 5.74) is 0. The summed E-state index contributed by atoms with van der Waals surface area (Å²) in [6, 6.07) is 0. The Labute approximate surface area is 134 Å². The second-order valence-electron chi connectivity index (χ2n) is 6.08. The molecule has 22 heavy (non-hydrogen) atoms. The summed E-state index contributed by atoms with van der Waals surface area (Å²) in [7, 11) is 0. The van der Waals surface area contributed by atoms with Gasteiger partial charge in [-0.05, 0) is 19.3 Å². The van der Waals surface area contributed by atoms with Gasteiger partial charge in [0.25, 0.3) is 5.91 Å². The molecule has 0 unspecified atom stereocenters. The SMILES string of the molecule is CCCCCCCCCC(=O)/C=C1\NC(=O)[C@H](CCCC)O1. The summed E-state index contributed by atoms with van der Waals surface area (Å²) in [6.07, 6.45) is 12.6. The number of carbonyl (C=O) groups is 2. The number of ether oxygens (including phenoxy) is 1. The number of nitrogens with one attached hydrogen (secondary N) is 1. The van der Waals surface area contributed by atoms with Crippen LogP contribution in [0, 0.1) is 0 Å². The number of rotatable bonds is 12. The van der Waals surface area contributed by atoms with Gasteiger partial charge in [0, 0.05) is 12.5 Å². The van der Waals surface area contributed by atoms with Gasteiger partial charge in [0.05, 0.1) is 0 Å². The summed E-state index contributed by atoms with van der Waals surface area (Å²) >= 11 is 0. The van der Waals surface area contributed by atoms with Crippen LogP contribution in [0.5, 0.6) is 0 Å². The van der Waals surface area contributed by atoms with Crippen molar-refractivity contribution in [2.24, 2.45) is 0 Å². The lowest BCUT2D eigenvalue weighted by molar-refractivity contribution is -0.123. The monoisotopic (exact) mass is 309 g/mol. The molecule has 1 atom stereocenters. The topological polar surface area (TPSA) is 55.4 Å². The molecule has 1 aliphatic heterocycles. The maximum Gasteiger partial charge on any atom is 0.267 e. The molecule has 0 aliphatic carbocycles. The van der Waals surface area contributed by atoms with Crippen LogP contribution in [-0.2, 0) is 14.3 Å². The number of allylic oxidation sites excluding steroid dienone is 1. The Morgan fingerprint density at radius 3 is 2.36 bits per heavy atom. The molecule has 1 rings (SSSR count). The molecule has 0 aromatic rings. The zero-order valence-electron chi connectivity index (χ0n) is 14.2. The van der Waals surface area contributed by atoms with E-state index in [2.05, 4.69) is 19.2 Å². The van der Waals surface area contributed by atoms with E-state index >= 15 is 0 Å². The molecule has 1 N–H and O–H groups in total. The van der Waals surface area contributed by atoms with E-state index < -0.39 is 6.10 Å². The Hall–Kier alpha value is -1.32. The molecule has 1 amide bonds. The van der Waals surface area contributed by atoms with Crippen molar-refractivity contribution in [2.45, 2.75) is 90.6 Å². The van der Waals surface area contributed by atoms with Crippen LogP contribution in [0.1, 0.15) is 84.5 Å². The molecule has 0 radical (unpaired) electrons. The summed E-state index contributed by atoms with van der Waals surface area (Å²) in [5.74, 6) is 0.252. The largest absolute Gasteiger partial charge is 0.465 e. The van der Waals surface area contributed by atoms with Crippen LogP contribution < -0.4 is 5.32 Å². The van der Waals surface area contributed by atoms with E-state index in [1.807, 2.05) is 0 Å². The summed E-state index contributed by atoms with van der Waals surface area (Å²) < 4.78 is 5.50. The predicted octanol–water partition coefficient (Wildman–Crippen LogP) is 4.24. The van der Waals surface area contributed by atoms with Crippen molar-refractivity contribution in [3.8, 4) is 0 Å². The molecule has 4 heteroatoms. The second kappa shape index (κ2) is 11.3. The lowest BCUT2D eigenvalue weighted by Gasteiger charge is -2.05. The predicted molar refractivity (Wildman–Crippen MR) is 88.2 cm³/mol. The first-order valence-electron chi connectivity index (χ1n) is 8.89. The fraction of sp³-hybridized carbons (Fsp3) is 0.778. The van der Waals surface area contributed by atoms with Crippen molar-refractivity contribution in [1.82, 2.24) is 5.32 Å². The zero-order valence-corrected chi connectivity index (χ0v) is 14.2. The minimum absolute atomic E-state index is 0.0417. The van der Waals surface area contributed by atoms with Crippen LogP contribution in [0.4, 0.5) is 0 Å². The van der Waals surface area contributed by atoms with E-state index in [1.165, 1.54) is 38.2 Å².